The molecule has 0 radical (unpaired) electrons. The highest BCUT2D eigenvalue weighted by Gasteiger charge is 2.21. The Labute approximate surface area is 177 Å². The molecule has 0 aliphatic heterocycles. The largest absolute Gasteiger partial charge is 0.397 e. The fourth-order valence-corrected chi connectivity index (χ4v) is 4.33. The van der Waals surface area contributed by atoms with Gasteiger partial charge in [0.25, 0.3) is 11.5 Å². The summed E-state index contributed by atoms with van der Waals surface area (Å²) in [6.45, 7) is 3.88. The summed E-state index contributed by atoms with van der Waals surface area (Å²) in [7, 11) is 0. The van der Waals surface area contributed by atoms with Crippen LogP contribution in [0.4, 0.5) is 11.4 Å². The van der Waals surface area contributed by atoms with Gasteiger partial charge in [-0.15, -0.1) is 11.3 Å². The van der Waals surface area contributed by atoms with E-state index in [0.29, 0.717) is 21.9 Å². The SMILES string of the molecule is CCCCc1ccc2c(N)c(C(=O)Nc3c(C)[nH]n(-c4ccccc4)c3=O)sc2n1. The summed E-state index contributed by atoms with van der Waals surface area (Å²) in [6, 6.07) is 13.1. The molecule has 0 fully saturated rings. The van der Waals surface area contributed by atoms with Gasteiger partial charge in [-0.05, 0) is 44.0 Å². The summed E-state index contributed by atoms with van der Waals surface area (Å²) < 4.78 is 1.40. The number of benzene rings is 1. The van der Waals surface area contributed by atoms with Crippen LogP contribution in [0.25, 0.3) is 15.9 Å². The summed E-state index contributed by atoms with van der Waals surface area (Å²) in [6.07, 6.45) is 3.05. The van der Waals surface area contributed by atoms with E-state index in [-0.39, 0.29) is 11.2 Å². The molecule has 0 aliphatic rings. The van der Waals surface area contributed by atoms with Crippen LogP contribution in [0.1, 0.15) is 40.8 Å². The molecular weight excluding hydrogens is 398 g/mol. The van der Waals surface area contributed by atoms with Crippen LogP contribution in [-0.4, -0.2) is 20.7 Å². The van der Waals surface area contributed by atoms with Gasteiger partial charge in [0, 0.05) is 11.1 Å². The minimum absolute atomic E-state index is 0.206. The number of thiophene rings is 1. The van der Waals surface area contributed by atoms with Gasteiger partial charge < -0.3 is 11.1 Å². The fourth-order valence-electron chi connectivity index (χ4n) is 3.32. The molecule has 4 aromatic rings. The average Bonchev–Trinajstić information content (AvgIpc) is 3.24. The van der Waals surface area contributed by atoms with Crippen LogP contribution in [-0.2, 0) is 6.42 Å². The lowest BCUT2D eigenvalue weighted by molar-refractivity contribution is 0.103. The van der Waals surface area contributed by atoms with Crippen molar-refractivity contribution in [2.75, 3.05) is 11.1 Å². The number of aromatic nitrogens is 3. The summed E-state index contributed by atoms with van der Waals surface area (Å²) in [5, 5.41) is 6.50. The second-order valence-electron chi connectivity index (χ2n) is 7.15. The molecule has 0 bridgehead atoms. The zero-order valence-corrected chi connectivity index (χ0v) is 17.7. The lowest BCUT2D eigenvalue weighted by Crippen LogP contribution is -2.21. The van der Waals surface area contributed by atoms with Gasteiger partial charge in [-0.3, -0.25) is 14.7 Å². The zero-order valence-electron chi connectivity index (χ0n) is 16.9. The predicted molar refractivity (Wildman–Crippen MR) is 122 cm³/mol. The molecule has 7 nitrogen and oxygen atoms in total. The van der Waals surface area contributed by atoms with Crippen molar-refractivity contribution in [2.24, 2.45) is 0 Å². The quantitative estimate of drug-likeness (QED) is 0.432. The second kappa shape index (κ2) is 8.16. The van der Waals surface area contributed by atoms with Gasteiger partial charge in [-0.2, -0.15) is 0 Å². The van der Waals surface area contributed by atoms with E-state index < -0.39 is 5.91 Å². The highest BCUT2D eigenvalue weighted by Crippen LogP contribution is 2.33. The Bertz CT molecular complexity index is 1270. The molecule has 3 heterocycles. The number of nitrogens with one attached hydrogen (secondary N) is 2. The van der Waals surface area contributed by atoms with Crippen molar-refractivity contribution in [1.82, 2.24) is 14.8 Å². The van der Waals surface area contributed by atoms with E-state index >= 15 is 0 Å². The minimum Gasteiger partial charge on any atom is -0.397 e. The number of pyridine rings is 1. The maximum Gasteiger partial charge on any atom is 0.295 e. The van der Waals surface area contributed by atoms with Crippen molar-refractivity contribution < 1.29 is 4.79 Å². The number of rotatable bonds is 6. The van der Waals surface area contributed by atoms with E-state index in [0.717, 1.165) is 35.2 Å². The lowest BCUT2D eigenvalue weighted by atomic mass is 10.1. The number of amides is 1. The first-order chi connectivity index (χ1) is 14.5. The van der Waals surface area contributed by atoms with Crippen LogP contribution >= 0.6 is 11.3 Å². The van der Waals surface area contributed by atoms with E-state index in [1.165, 1.54) is 16.0 Å². The molecule has 0 saturated carbocycles. The monoisotopic (exact) mass is 421 g/mol. The molecule has 4 rings (SSSR count). The van der Waals surface area contributed by atoms with E-state index in [1.54, 1.807) is 6.92 Å². The van der Waals surface area contributed by atoms with E-state index in [9.17, 15) is 9.59 Å². The smallest absolute Gasteiger partial charge is 0.295 e. The normalized spacial score (nSPS) is 11.1. The number of carbonyl (C=O) groups is 1. The van der Waals surface area contributed by atoms with Crippen LogP contribution in [0, 0.1) is 6.92 Å². The van der Waals surface area contributed by atoms with Gasteiger partial charge in [-0.1, -0.05) is 31.5 Å². The Kier molecular flexibility index (Phi) is 5.41. The number of hydrogen-bond donors (Lipinski definition) is 3. The van der Waals surface area contributed by atoms with Crippen molar-refractivity contribution in [3.63, 3.8) is 0 Å². The van der Waals surface area contributed by atoms with Crippen molar-refractivity contribution in [3.05, 3.63) is 69.1 Å². The second-order valence-corrected chi connectivity index (χ2v) is 8.14. The minimum atomic E-state index is -0.412. The lowest BCUT2D eigenvalue weighted by Gasteiger charge is -2.02. The van der Waals surface area contributed by atoms with E-state index in [4.69, 9.17) is 5.73 Å². The molecule has 0 unspecified atom stereocenters. The van der Waals surface area contributed by atoms with Crippen LogP contribution in [0.2, 0.25) is 0 Å². The third-order valence-corrected chi connectivity index (χ3v) is 6.08. The molecule has 8 heteroatoms. The summed E-state index contributed by atoms with van der Waals surface area (Å²) in [4.78, 5) is 31.5. The first-order valence-corrected chi connectivity index (χ1v) is 10.7. The van der Waals surface area contributed by atoms with Gasteiger partial charge >= 0.3 is 0 Å². The van der Waals surface area contributed by atoms with Crippen molar-refractivity contribution in [2.45, 2.75) is 33.1 Å². The van der Waals surface area contributed by atoms with Crippen LogP contribution in [0.15, 0.2) is 47.3 Å². The predicted octanol–water partition coefficient (Wildman–Crippen LogP) is 4.26. The molecule has 1 amide bonds. The number of nitrogens with two attached hydrogens (primary N) is 1. The zero-order chi connectivity index (χ0) is 21.3. The number of H-pyrrole nitrogens is 1. The van der Waals surface area contributed by atoms with Gasteiger partial charge in [0.1, 0.15) is 15.4 Å². The maximum absolute atomic E-state index is 12.9. The molecule has 0 spiro atoms. The van der Waals surface area contributed by atoms with Gasteiger partial charge in [0.2, 0.25) is 0 Å². The molecule has 3 aromatic heterocycles. The third kappa shape index (κ3) is 3.61. The number of nitrogen functional groups attached to an aromatic ring is 1. The number of hydrogen-bond acceptors (Lipinski definition) is 5. The van der Waals surface area contributed by atoms with Gasteiger partial charge in [-0.25, -0.2) is 9.67 Å². The first kappa shape index (κ1) is 19.9. The van der Waals surface area contributed by atoms with Crippen LogP contribution < -0.4 is 16.6 Å². The Balaban J connectivity index is 1.64. The molecule has 4 N–H and O–H groups in total. The van der Waals surface area contributed by atoms with Crippen molar-refractivity contribution in [3.8, 4) is 5.69 Å². The Morgan fingerprint density at radius 3 is 2.73 bits per heavy atom. The molecule has 154 valence electrons. The molecular formula is C22H23N5O2S. The number of aryl methyl sites for hydroxylation is 2. The van der Waals surface area contributed by atoms with Gasteiger partial charge in [0.05, 0.1) is 17.1 Å². The van der Waals surface area contributed by atoms with Crippen LogP contribution in [0.3, 0.4) is 0 Å². The van der Waals surface area contributed by atoms with Crippen LogP contribution in [0.5, 0.6) is 0 Å². The third-order valence-electron chi connectivity index (χ3n) is 4.97. The summed E-state index contributed by atoms with van der Waals surface area (Å²) >= 11 is 1.25. The Hall–Kier alpha value is -3.39. The van der Waals surface area contributed by atoms with E-state index in [2.05, 4.69) is 22.3 Å². The first-order valence-electron chi connectivity index (χ1n) is 9.86. The summed E-state index contributed by atoms with van der Waals surface area (Å²) in [5.41, 5.74) is 8.75. The molecule has 30 heavy (non-hydrogen) atoms. The highest BCUT2D eigenvalue weighted by molar-refractivity contribution is 7.21. The number of unbranched alkanes of at least 4 members (excludes halogenated alkanes) is 1. The number of para-hydroxylation sites is 1. The number of anilines is 2. The topological polar surface area (TPSA) is 106 Å². The molecule has 0 aliphatic carbocycles. The van der Waals surface area contributed by atoms with Crippen molar-refractivity contribution >= 4 is 38.8 Å². The number of fused-ring (bicyclic) bond motifs is 1. The standard InChI is InChI=1S/C22H23N5O2S/c1-3-4-8-14-11-12-16-17(23)19(30-21(16)24-14)20(28)25-18-13(2)26-27(22(18)29)15-9-6-5-7-10-15/h5-7,9-12,26H,3-4,8,23H2,1-2H3,(H,25,28). The Morgan fingerprint density at radius 1 is 1.23 bits per heavy atom. The Morgan fingerprint density at radius 2 is 2.00 bits per heavy atom. The maximum atomic E-state index is 12.9. The molecule has 1 aromatic carbocycles. The number of aromatic amines is 1. The average molecular weight is 422 g/mol. The van der Waals surface area contributed by atoms with Gasteiger partial charge in [0.15, 0.2) is 0 Å². The number of nitrogens with zero attached hydrogens (tertiary/aromatic N) is 2. The highest BCUT2D eigenvalue weighted by atomic mass is 32.1. The molecule has 0 atom stereocenters. The molecule has 0 saturated heterocycles. The van der Waals surface area contributed by atoms with Crippen molar-refractivity contribution in [1.29, 1.82) is 0 Å². The fraction of sp³-hybridized carbons (Fsp3) is 0.227. The summed E-state index contributed by atoms with van der Waals surface area (Å²) in [5.74, 6) is -0.412. The number of carbonyl (C=O) groups excluding carboxylic acids is 1. The van der Waals surface area contributed by atoms with E-state index in [1.807, 2.05) is 42.5 Å².